The Bertz CT molecular complexity index is 1220. The summed E-state index contributed by atoms with van der Waals surface area (Å²) in [5.41, 5.74) is 2.19. The molecule has 0 spiro atoms. The highest BCUT2D eigenvalue weighted by molar-refractivity contribution is 8.15. The molecular formula is C25H21ClN2O2S. The van der Waals surface area contributed by atoms with E-state index >= 15 is 0 Å². The number of rotatable bonds is 6. The molecule has 1 heterocycles. The van der Waals surface area contributed by atoms with Gasteiger partial charge in [0, 0.05) is 28.9 Å². The Balaban J connectivity index is 1.62. The molecule has 1 saturated heterocycles. The van der Waals surface area contributed by atoms with Crippen molar-refractivity contribution >= 4 is 56.7 Å². The highest BCUT2D eigenvalue weighted by Crippen LogP contribution is 2.34. The SMILES string of the molecule is C=CCN1C(=O)C(CC(=O)c2ccc(Cl)c(C)c2)SC1=Nc1cccc2ccccc12. The number of carbonyl (C=O) groups excluding carboxylic acids is 2. The third kappa shape index (κ3) is 4.43. The van der Waals surface area contributed by atoms with Crippen molar-refractivity contribution in [3.8, 4) is 0 Å². The van der Waals surface area contributed by atoms with Crippen LogP contribution >= 0.6 is 23.4 Å². The van der Waals surface area contributed by atoms with Crippen LogP contribution in [-0.4, -0.2) is 33.6 Å². The molecule has 0 N–H and O–H groups in total. The number of ketones is 1. The fourth-order valence-corrected chi connectivity index (χ4v) is 4.81. The zero-order chi connectivity index (χ0) is 22.0. The molecule has 4 rings (SSSR count). The third-order valence-corrected chi connectivity index (χ3v) is 6.76. The predicted octanol–water partition coefficient (Wildman–Crippen LogP) is 6.19. The van der Waals surface area contributed by atoms with Crippen LogP contribution in [0.2, 0.25) is 5.02 Å². The minimum atomic E-state index is -0.517. The van der Waals surface area contributed by atoms with Gasteiger partial charge in [-0.15, -0.1) is 6.58 Å². The van der Waals surface area contributed by atoms with Gasteiger partial charge in [0.1, 0.15) is 0 Å². The standard InChI is InChI=1S/C25H21ClN2O2S/c1-3-13-28-24(30)23(15-22(29)18-11-12-20(26)16(2)14-18)31-25(28)27-21-10-6-8-17-7-4-5-9-19(17)21/h3-12,14,23H,1,13,15H2,2H3. The molecule has 0 aromatic heterocycles. The van der Waals surface area contributed by atoms with Gasteiger partial charge in [-0.3, -0.25) is 14.5 Å². The molecule has 1 aliphatic rings. The topological polar surface area (TPSA) is 49.7 Å². The smallest absolute Gasteiger partial charge is 0.242 e. The van der Waals surface area contributed by atoms with Crippen LogP contribution in [0, 0.1) is 6.92 Å². The van der Waals surface area contributed by atoms with Crippen molar-refractivity contribution in [1.29, 1.82) is 0 Å². The van der Waals surface area contributed by atoms with Crippen molar-refractivity contribution in [2.75, 3.05) is 6.54 Å². The van der Waals surface area contributed by atoms with Gasteiger partial charge in [0.15, 0.2) is 11.0 Å². The van der Waals surface area contributed by atoms with Crippen molar-refractivity contribution in [3.05, 3.63) is 89.5 Å². The largest absolute Gasteiger partial charge is 0.294 e. The summed E-state index contributed by atoms with van der Waals surface area (Å²) < 4.78 is 0. The zero-order valence-corrected chi connectivity index (χ0v) is 18.6. The summed E-state index contributed by atoms with van der Waals surface area (Å²) in [7, 11) is 0. The summed E-state index contributed by atoms with van der Waals surface area (Å²) in [6.45, 7) is 5.97. The maximum absolute atomic E-state index is 13.1. The molecule has 4 nitrogen and oxygen atoms in total. The van der Waals surface area contributed by atoms with E-state index in [2.05, 4.69) is 6.58 Å². The summed E-state index contributed by atoms with van der Waals surface area (Å²) in [6, 6.07) is 19.1. The number of nitrogens with zero attached hydrogens (tertiary/aromatic N) is 2. The normalized spacial score (nSPS) is 17.5. The number of thioether (sulfide) groups is 1. The number of aliphatic imine (C=N–C) groups is 1. The molecule has 1 amide bonds. The predicted molar refractivity (Wildman–Crippen MR) is 129 cm³/mol. The Hall–Kier alpha value is -2.89. The molecule has 3 aromatic carbocycles. The minimum Gasteiger partial charge on any atom is -0.294 e. The Kier molecular flexibility index (Phi) is 6.25. The first kappa shape index (κ1) is 21.3. The van der Waals surface area contributed by atoms with Gasteiger partial charge in [-0.1, -0.05) is 65.8 Å². The van der Waals surface area contributed by atoms with Crippen LogP contribution in [0.3, 0.4) is 0 Å². The van der Waals surface area contributed by atoms with Crippen molar-refractivity contribution in [3.63, 3.8) is 0 Å². The van der Waals surface area contributed by atoms with E-state index in [4.69, 9.17) is 16.6 Å². The molecule has 0 bridgehead atoms. The molecule has 31 heavy (non-hydrogen) atoms. The highest BCUT2D eigenvalue weighted by Gasteiger charge is 2.38. The van der Waals surface area contributed by atoms with E-state index in [1.165, 1.54) is 11.8 Å². The number of fused-ring (bicyclic) bond motifs is 1. The maximum Gasteiger partial charge on any atom is 0.242 e. The highest BCUT2D eigenvalue weighted by atomic mass is 35.5. The number of carbonyl (C=O) groups is 2. The van der Waals surface area contributed by atoms with Gasteiger partial charge in [-0.05, 0) is 42.1 Å². The van der Waals surface area contributed by atoms with Gasteiger partial charge in [0.25, 0.3) is 0 Å². The fourth-order valence-electron chi connectivity index (χ4n) is 3.54. The Morgan fingerprint density at radius 2 is 1.97 bits per heavy atom. The summed E-state index contributed by atoms with van der Waals surface area (Å²) in [4.78, 5) is 32.3. The molecule has 1 unspecified atom stereocenters. The van der Waals surface area contributed by atoms with Crippen LogP contribution in [0.4, 0.5) is 5.69 Å². The van der Waals surface area contributed by atoms with Crippen LogP contribution < -0.4 is 0 Å². The van der Waals surface area contributed by atoms with Crippen LogP contribution in [0.5, 0.6) is 0 Å². The number of benzene rings is 3. The molecule has 3 aromatic rings. The lowest BCUT2D eigenvalue weighted by Gasteiger charge is -2.14. The van der Waals surface area contributed by atoms with Crippen LogP contribution in [0.25, 0.3) is 10.8 Å². The zero-order valence-electron chi connectivity index (χ0n) is 17.0. The van der Waals surface area contributed by atoms with Crippen molar-refractivity contribution < 1.29 is 9.59 Å². The number of Topliss-reactive ketones (excluding diaryl/α,β-unsaturated/α-hetero) is 1. The van der Waals surface area contributed by atoms with Crippen molar-refractivity contribution in [2.24, 2.45) is 4.99 Å². The number of hydrogen-bond acceptors (Lipinski definition) is 4. The second-order valence-electron chi connectivity index (χ2n) is 7.33. The molecule has 1 aliphatic heterocycles. The second kappa shape index (κ2) is 9.08. The van der Waals surface area contributed by atoms with Crippen molar-refractivity contribution in [1.82, 2.24) is 4.90 Å². The van der Waals surface area contributed by atoms with E-state index in [0.29, 0.717) is 22.3 Å². The lowest BCUT2D eigenvalue weighted by molar-refractivity contribution is -0.125. The number of halogens is 1. The minimum absolute atomic E-state index is 0.0874. The number of amidine groups is 1. The first-order chi connectivity index (χ1) is 15.0. The summed E-state index contributed by atoms with van der Waals surface area (Å²) in [5.74, 6) is -0.210. The average molecular weight is 449 g/mol. The summed E-state index contributed by atoms with van der Waals surface area (Å²) in [5, 5.41) is 2.78. The fraction of sp³-hybridized carbons (Fsp3) is 0.160. The van der Waals surface area contributed by atoms with E-state index in [9.17, 15) is 9.59 Å². The number of amides is 1. The van der Waals surface area contributed by atoms with Crippen molar-refractivity contribution in [2.45, 2.75) is 18.6 Å². The molecule has 0 saturated carbocycles. The lowest BCUT2D eigenvalue weighted by Crippen LogP contribution is -2.32. The third-order valence-electron chi connectivity index (χ3n) is 5.17. The number of aryl methyl sites for hydroxylation is 1. The lowest BCUT2D eigenvalue weighted by atomic mass is 10.0. The Labute approximate surface area is 190 Å². The van der Waals surface area contributed by atoms with Gasteiger partial charge >= 0.3 is 0 Å². The maximum atomic E-state index is 13.1. The quantitative estimate of drug-likeness (QED) is 0.333. The molecule has 0 radical (unpaired) electrons. The van der Waals surface area contributed by atoms with Gasteiger partial charge in [-0.2, -0.15) is 0 Å². The van der Waals surface area contributed by atoms with E-state index < -0.39 is 5.25 Å². The van der Waals surface area contributed by atoms with E-state index in [0.717, 1.165) is 22.0 Å². The molecular weight excluding hydrogens is 428 g/mol. The second-order valence-corrected chi connectivity index (χ2v) is 8.91. The average Bonchev–Trinajstić information content (AvgIpc) is 3.05. The van der Waals surface area contributed by atoms with E-state index in [1.54, 1.807) is 29.2 Å². The van der Waals surface area contributed by atoms with E-state index in [1.807, 2.05) is 49.4 Å². The molecule has 1 atom stereocenters. The van der Waals surface area contributed by atoms with Crippen LogP contribution in [0.15, 0.2) is 78.3 Å². The Morgan fingerprint density at radius 3 is 2.74 bits per heavy atom. The molecule has 1 fully saturated rings. The van der Waals surface area contributed by atoms with Gasteiger partial charge in [-0.25, -0.2) is 4.99 Å². The summed E-state index contributed by atoms with van der Waals surface area (Å²) >= 11 is 7.40. The summed E-state index contributed by atoms with van der Waals surface area (Å²) in [6.07, 6.45) is 1.77. The van der Waals surface area contributed by atoms with Crippen LogP contribution in [0.1, 0.15) is 22.3 Å². The number of hydrogen-bond donors (Lipinski definition) is 0. The van der Waals surface area contributed by atoms with E-state index in [-0.39, 0.29) is 18.1 Å². The Morgan fingerprint density at radius 1 is 1.19 bits per heavy atom. The monoisotopic (exact) mass is 448 g/mol. The first-order valence-corrected chi connectivity index (χ1v) is 11.2. The first-order valence-electron chi connectivity index (χ1n) is 9.92. The molecule has 156 valence electrons. The van der Waals surface area contributed by atoms with Gasteiger partial charge < -0.3 is 0 Å². The molecule has 0 aliphatic carbocycles. The molecule has 6 heteroatoms. The van der Waals surface area contributed by atoms with Gasteiger partial charge in [0.2, 0.25) is 5.91 Å². The van der Waals surface area contributed by atoms with Crippen LogP contribution in [-0.2, 0) is 4.79 Å². The van der Waals surface area contributed by atoms with Gasteiger partial charge in [0.05, 0.1) is 10.9 Å².